The zero-order chi connectivity index (χ0) is 19.3. The van der Waals surface area contributed by atoms with E-state index in [9.17, 15) is 14.7 Å². The maximum atomic E-state index is 12.4. The van der Waals surface area contributed by atoms with Crippen molar-refractivity contribution in [3.63, 3.8) is 0 Å². The van der Waals surface area contributed by atoms with Crippen LogP contribution >= 0.6 is 0 Å². The van der Waals surface area contributed by atoms with E-state index in [0.717, 1.165) is 24.0 Å². The van der Waals surface area contributed by atoms with Gasteiger partial charge >= 0.3 is 11.9 Å². The molecule has 0 aromatic heterocycles. The topological polar surface area (TPSA) is 93.1 Å². The molecule has 0 amide bonds. The lowest BCUT2D eigenvalue weighted by atomic mass is 9.85. The van der Waals surface area contributed by atoms with Gasteiger partial charge < -0.3 is 19.7 Å². The molecule has 1 heterocycles. The van der Waals surface area contributed by atoms with Gasteiger partial charge in [-0.25, -0.2) is 9.59 Å². The van der Waals surface area contributed by atoms with E-state index < -0.39 is 36.7 Å². The highest BCUT2D eigenvalue weighted by Crippen LogP contribution is 2.36. The molecule has 0 saturated carbocycles. The average Bonchev–Trinajstić information content (AvgIpc) is 2.85. The fraction of sp³-hybridized carbons (Fsp3) is 0.500. The molecule has 1 aliphatic carbocycles. The number of ether oxygens (including phenoxy) is 2. The molecule has 1 fully saturated rings. The van der Waals surface area contributed by atoms with Crippen molar-refractivity contribution in [1.29, 1.82) is 0 Å². The second-order valence-corrected chi connectivity index (χ2v) is 6.74. The Morgan fingerprint density at radius 2 is 2.12 bits per heavy atom. The maximum absolute atomic E-state index is 12.4. The molecule has 1 aliphatic heterocycles. The number of carbonyl (C=O) groups excluding carboxylic acids is 2. The van der Waals surface area contributed by atoms with Gasteiger partial charge in [-0.1, -0.05) is 23.8 Å². The lowest BCUT2D eigenvalue weighted by molar-refractivity contribution is -0.147. The van der Waals surface area contributed by atoms with Crippen LogP contribution in [0.4, 0.5) is 0 Å². The third-order valence-corrected chi connectivity index (χ3v) is 4.69. The van der Waals surface area contributed by atoms with Crippen molar-refractivity contribution in [2.24, 2.45) is 5.92 Å². The van der Waals surface area contributed by atoms with E-state index in [1.165, 1.54) is 6.08 Å². The Balaban J connectivity index is 2.36. The predicted octanol–water partition coefficient (Wildman–Crippen LogP) is 1.98. The van der Waals surface area contributed by atoms with Crippen LogP contribution in [0.15, 0.2) is 47.1 Å². The lowest BCUT2D eigenvalue weighted by Crippen LogP contribution is -2.34. The predicted molar refractivity (Wildman–Crippen MR) is 96.0 cm³/mol. The molecule has 0 spiro atoms. The number of hydrogen-bond acceptors (Lipinski definition) is 6. The van der Waals surface area contributed by atoms with Gasteiger partial charge in [0.25, 0.3) is 0 Å². The van der Waals surface area contributed by atoms with Crippen LogP contribution in [0.3, 0.4) is 0 Å². The molecule has 0 aromatic rings. The molecule has 26 heavy (non-hydrogen) atoms. The van der Waals surface area contributed by atoms with Crippen LogP contribution in [0.25, 0.3) is 0 Å². The van der Waals surface area contributed by atoms with Gasteiger partial charge in [0, 0.05) is 12.0 Å². The van der Waals surface area contributed by atoms with Gasteiger partial charge in [-0.3, -0.25) is 0 Å². The summed E-state index contributed by atoms with van der Waals surface area (Å²) in [7, 11) is 0. The first-order valence-corrected chi connectivity index (χ1v) is 8.71. The Morgan fingerprint density at radius 1 is 1.38 bits per heavy atom. The molecular formula is C20H26O6. The number of rotatable bonds is 4. The zero-order valence-corrected chi connectivity index (χ0v) is 15.2. The summed E-state index contributed by atoms with van der Waals surface area (Å²) in [5.74, 6) is -1.70. The van der Waals surface area contributed by atoms with Crippen LogP contribution in [-0.4, -0.2) is 47.6 Å². The third-order valence-electron chi connectivity index (χ3n) is 4.69. The normalized spacial score (nSPS) is 31.2. The molecule has 3 atom stereocenters. The average molecular weight is 362 g/mol. The van der Waals surface area contributed by atoms with E-state index in [1.54, 1.807) is 0 Å². The Kier molecular flexibility index (Phi) is 6.94. The first-order chi connectivity index (χ1) is 12.4. The summed E-state index contributed by atoms with van der Waals surface area (Å²) in [4.78, 5) is 24.4. The van der Waals surface area contributed by atoms with E-state index in [0.29, 0.717) is 6.42 Å². The molecule has 0 radical (unpaired) electrons. The van der Waals surface area contributed by atoms with Gasteiger partial charge in [-0.15, -0.1) is 0 Å². The van der Waals surface area contributed by atoms with Crippen molar-refractivity contribution in [3.8, 4) is 0 Å². The largest absolute Gasteiger partial charge is 0.458 e. The minimum absolute atomic E-state index is 0.0228. The van der Waals surface area contributed by atoms with Crippen LogP contribution in [0.2, 0.25) is 0 Å². The lowest BCUT2D eigenvalue weighted by Gasteiger charge is -2.27. The number of hydrogen-bond donors (Lipinski definition) is 2. The van der Waals surface area contributed by atoms with Crippen molar-refractivity contribution < 1.29 is 29.3 Å². The molecule has 0 bridgehead atoms. The van der Waals surface area contributed by atoms with Gasteiger partial charge in [0.1, 0.15) is 12.2 Å². The summed E-state index contributed by atoms with van der Waals surface area (Å²) in [6, 6.07) is 0. The summed E-state index contributed by atoms with van der Waals surface area (Å²) in [6.45, 7) is 6.85. The van der Waals surface area contributed by atoms with E-state index in [1.807, 2.05) is 19.9 Å². The number of aliphatic hydroxyl groups excluding tert-OH is 2. The van der Waals surface area contributed by atoms with Gasteiger partial charge in [-0.2, -0.15) is 0 Å². The van der Waals surface area contributed by atoms with Gasteiger partial charge in [0.2, 0.25) is 0 Å². The molecule has 142 valence electrons. The van der Waals surface area contributed by atoms with Crippen LogP contribution in [-0.2, 0) is 19.1 Å². The first-order valence-electron chi connectivity index (χ1n) is 8.71. The van der Waals surface area contributed by atoms with Crippen molar-refractivity contribution in [1.82, 2.24) is 0 Å². The summed E-state index contributed by atoms with van der Waals surface area (Å²) >= 11 is 0. The summed E-state index contributed by atoms with van der Waals surface area (Å²) in [5, 5.41) is 18.3. The Bertz CT molecular complexity index is 670. The fourth-order valence-electron chi connectivity index (χ4n) is 3.27. The van der Waals surface area contributed by atoms with E-state index in [4.69, 9.17) is 14.6 Å². The minimum atomic E-state index is -0.719. The SMILES string of the molecule is C=C1C(=O)OC2/C=C(\C)CC/C=C(\C)CC(OC(=O)/C(=C/CO)CO)C12. The molecular weight excluding hydrogens is 336 g/mol. The molecule has 6 nitrogen and oxygen atoms in total. The Labute approximate surface area is 153 Å². The van der Waals surface area contributed by atoms with Crippen LogP contribution < -0.4 is 0 Å². The van der Waals surface area contributed by atoms with Crippen LogP contribution in [0, 0.1) is 5.92 Å². The third kappa shape index (κ3) is 4.71. The molecule has 0 aromatic carbocycles. The van der Waals surface area contributed by atoms with E-state index in [2.05, 4.69) is 12.7 Å². The quantitative estimate of drug-likeness (QED) is 0.451. The van der Waals surface area contributed by atoms with Crippen molar-refractivity contribution >= 4 is 11.9 Å². The van der Waals surface area contributed by atoms with E-state index >= 15 is 0 Å². The van der Waals surface area contributed by atoms with Gasteiger partial charge in [0.15, 0.2) is 0 Å². The fourth-order valence-corrected chi connectivity index (χ4v) is 3.27. The summed E-state index contributed by atoms with van der Waals surface area (Å²) in [5.41, 5.74) is 2.39. The highest BCUT2D eigenvalue weighted by atomic mass is 16.6. The first kappa shape index (κ1) is 20.1. The highest BCUT2D eigenvalue weighted by Gasteiger charge is 2.44. The zero-order valence-electron chi connectivity index (χ0n) is 15.2. The number of allylic oxidation sites excluding steroid dienone is 2. The Morgan fingerprint density at radius 3 is 2.77 bits per heavy atom. The second-order valence-electron chi connectivity index (χ2n) is 6.74. The smallest absolute Gasteiger partial charge is 0.336 e. The summed E-state index contributed by atoms with van der Waals surface area (Å²) < 4.78 is 11.1. The molecule has 2 rings (SSSR count). The Hall–Kier alpha value is -2.18. The molecule has 6 heteroatoms. The minimum Gasteiger partial charge on any atom is -0.458 e. The van der Waals surface area contributed by atoms with Gasteiger partial charge in [-0.05, 0) is 38.8 Å². The standard InChI is InChI=1S/C20H26O6/c1-12-5-4-6-13(2)10-17(26-20(24)15(11-22)7-8-21)18-14(3)19(23)25-16(18)9-12/h6-7,9,16-18,21-22H,3-5,8,10-11H2,1-2H3/b12-9+,13-6+,15-7+. The van der Waals surface area contributed by atoms with Crippen LogP contribution in [0.5, 0.6) is 0 Å². The highest BCUT2D eigenvalue weighted by molar-refractivity contribution is 5.92. The number of fused-ring (bicyclic) bond motifs is 1. The molecule has 2 N–H and O–H groups in total. The maximum Gasteiger partial charge on any atom is 0.336 e. The number of aliphatic hydroxyl groups is 2. The summed E-state index contributed by atoms with van der Waals surface area (Å²) in [6.07, 6.45) is 6.17. The van der Waals surface area contributed by atoms with Crippen molar-refractivity contribution in [2.45, 2.75) is 45.3 Å². The molecule has 1 saturated heterocycles. The number of esters is 2. The van der Waals surface area contributed by atoms with Crippen molar-refractivity contribution in [2.75, 3.05) is 13.2 Å². The second kappa shape index (κ2) is 8.96. The molecule has 2 aliphatic rings. The monoisotopic (exact) mass is 362 g/mol. The van der Waals surface area contributed by atoms with E-state index in [-0.39, 0.29) is 17.8 Å². The molecule has 3 unspecified atom stereocenters. The van der Waals surface area contributed by atoms with Gasteiger partial charge in [0.05, 0.1) is 24.7 Å². The van der Waals surface area contributed by atoms with Crippen LogP contribution in [0.1, 0.15) is 33.1 Å². The van der Waals surface area contributed by atoms with Crippen molar-refractivity contribution in [3.05, 3.63) is 47.1 Å². The number of carbonyl (C=O) groups is 2.